The lowest BCUT2D eigenvalue weighted by Gasteiger charge is -2.34. The molecule has 0 aliphatic carbocycles. The van der Waals surface area contributed by atoms with E-state index in [1.807, 2.05) is 36.5 Å². The summed E-state index contributed by atoms with van der Waals surface area (Å²) in [5.41, 5.74) is 3.63. The summed E-state index contributed by atoms with van der Waals surface area (Å²) in [6, 6.07) is 9.07. The molecule has 3 aliphatic heterocycles. The highest BCUT2D eigenvalue weighted by molar-refractivity contribution is 6.27. The van der Waals surface area contributed by atoms with Gasteiger partial charge in [0.05, 0.1) is 17.4 Å². The van der Waals surface area contributed by atoms with Crippen LogP contribution in [0.3, 0.4) is 0 Å². The van der Waals surface area contributed by atoms with Crippen molar-refractivity contribution in [1.82, 2.24) is 20.4 Å². The normalized spacial score (nSPS) is 21.9. The summed E-state index contributed by atoms with van der Waals surface area (Å²) in [5.74, 6) is -0.878. The zero-order valence-corrected chi connectivity index (χ0v) is 19.1. The van der Waals surface area contributed by atoms with Gasteiger partial charge in [0.15, 0.2) is 0 Å². The van der Waals surface area contributed by atoms with Gasteiger partial charge in [-0.2, -0.15) is 5.10 Å². The molecule has 2 N–H and O–H groups in total. The number of hydrogen-bond acceptors (Lipinski definition) is 5. The van der Waals surface area contributed by atoms with Crippen molar-refractivity contribution in [3.05, 3.63) is 59.4 Å². The summed E-state index contributed by atoms with van der Waals surface area (Å²) < 4.78 is 2.11. The Labute approximate surface area is 197 Å². The Morgan fingerprint density at radius 3 is 2.74 bits per heavy atom. The molecule has 8 nitrogen and oxygen atoms in total. The maximum absolute atomic E-state index is 13.3. The van der Waals surface area contributed by atoms with E-state index < -0.39 is 11.9 Å². The number of benzene rings is 2. The molecule has 2 saturated heterocycles. The highest BCUT2D eigenvalue weighted by atomic mass is 16.2. The van der Waals surface area contributed by atoms with Gasteiger partial charge >= 0.3 is 0 Å². The van der Waals surface area contributed by atoms with Crippen LogP contribution in [0.15, 0.2) is 42.7 Å². The minimum Gasteiger partial charge on any atom is -0.317 e. The van der Waals surface area contributed by atoms with Crippen LogP contribution in [-0.4, -0.2) is 46.6 Å². The quantitative estimate of drug-likeness (QED) is 0.587. The molecule has 0 bridgehead atoms. The van der Waals surface area contributed by atoms with Crippen molar-refractivity contribution in [2.24, 2.45) is 0 Å². The molecule has 2 aromatic carbocycles. The third kappa shape index (κ3) is 3.24. The van der Waals surface area contributed by atoms with Gasteiger partial charge in [0.1, 0.15) is 6.04 Å². The van der Waals surface area contributed by atoms with Gasteiger partial charge < -0.3 is 5.32 Å². The van der Waals surface area contributed by atoms with E-state index in [0.29, 0.717) is 18.4 Å². The van der Waals surface area contributed by atoms with E-state index in [1.165, 1.54) is 0 Å². The van der Waals surface area contributed by atoms with Crippen LogP contribution >= 0.6 is 0 Å². The number of anilines is 1. The molecule has 1 unspecified atom stereocenters. The fraction of sp³-hybridized carbons (Fsp3) is 0.385. The fourth-order valence-corrected chi connectivity index (χ4v) is 5.62. The van der Waals surface area contributed by atoms with E-state index in [4.69, 9.17) is 0 Å². The Balaban J connectivity index is 1.34. The molecule has 0 spiro atoms. The molecule has 3 aliphatic rings. The monoisotopic (exact) mass is 457 g/mol. The van der Waals surface area contributed by atoms with Gasteiger partial charge in [-0.3, -0.25) is 29.3 Å². The van der Waals surface area contributed by atoms with Gasteiger partial charge in [0.25, 0.3) is 5.91 Å². The van der Waals surface area contributed by atoms with E-state index in [2.05, 4.69) is 33.5 Å². The lowest BCUT2D eigenvalue weighted by atomic mass is 9.91. The first-order chi connectivity index (χ1) is 16.4. The van der Waals surface area contributed by atoms with Crippen molar-refractivity contribution in [1.29, 1.82) is 0 Å². The van der Waals surface area contributed by atoms with Crippen LogP contribution in [-0.2, 0) is 21.5 Å². The molecule has 4 heterocycles. The van der Waals surface area contributed by atoms with Crippen LogP contribution in [0.2, 0.25) is 0 Å². The summed E-state index contributed by atoms with van der Waals surface area (Å²) >= 11 is 0. The Bertz CT molecular complexity index is 1340. The Morgan fingerprint density at radius 1 is 1.12 bits per heavy atom. The molecule has 34 heavy (non-hydrogen) atoms. The van der Waals surface area contributed by atoms with Crippen LogP contribution in [0, 0.1) is 0 Å². The highest BCUT2D eigenvalue weighted by Gasteiger charge is 2.40. The van der Waals surface area contributed by atoms with Crippen molar-refractivity contribution in [3.63, 3.8) is 0 Å². The number of rotatable bonds is 4. The van der Waals surface area contributed by atoms with Crippen LogP contribution < -0.4 is 15.5 Å². The van der Waals surface area contributed by atoms with Crippen molar-refractivity contribution >= 4 is 34.2 Å². The van der Waals surface area contributed by atoms with Gasteiger partial charge in [-0.25, -0.2) is 0 Å². The number of hydrogen-bond donors (Lipinski definition) is 2. The van der Waals surface area contributed by atoms with Crippen molar-refractivity contribution in [3.8, 4) is 0 Å². The molecule has 3 aromatic rings. The summed E-state index contributed by atoms with van der Waals surface area (Å²) in [4.78, 5) is 39.1. The van der Waals surface area contributed by atoms with E-state index in [0.717, 1.165) is 53.5 Å². The molecule has 8 heteroatoms. The number of aromatic nitrogens is 2. The third-order valence-electron chi connectivity index (χ3n) is 7.60. The SMILES string of the molecule is CC1(n2cc(Cc3ccc4c5c(cccc35)C(=O)N4C3CCC(=O)NC3=O)cn2)CCNCC1. The molecule has 3 amide bonds. The topological polar surface area (TPSA) is 96.3 Å². The maximum atomic E-state index is 13.3. The van der Waals surface area contributed by atoms with Crippen LogP contribution in [0.4, 0.5) is 5.69 Å². The first-order valence-electron chi connectivity index (χ1n) is 11.9. The lowest BCUT2D eigenvalue weighted by Crippen LogP contribution is -2.53. The second-order valence-corrected chi connectivity index (χ2v) is 9.83. The van der Waals surface area contributed by atoms with Gasteiger partial charge in [-0.1, -0.05) is 18.2 Å². The molecule has 174 valence electrons. The Kier molecular flexibility index (Phi) is 4.81. The second-order valence-electron chi connectivity index (χ2n) is 9.83. The average Bonchev–Trinajstić information content (AvgIpc) is 3.41. The predicted octanol–water partition coefficient (Wildman–Crippen LogP) is 2.49. The third-order valence-corrected chi connectivity index (χ3v) is 7.60. The summed E-state index contributed by atoms with van der Waals surface area (Å²) in [6.07, 6.45) is 7.46. The van der Waals surface area contributed by atoms with E-state index >= 15 is 0 Å². The minimum atomic E-state index is -0.671. The minimum absolute atomic E-state index is 0.0282. The number of carbonyl (C=O) groups excluding carboxylic acids is 3. The molecule has 1 aromatic heterocycles. The van der Waals surface area contributed by atoms with Gasteiger partial charge in [-0.15, -0.1) is 0 Å². The number of carbonyl (C=O) groups is 3. The molecule has 1 atom stereocenters. The molecule has 0 saturated carbocycles. The first-order valence-corrected chi connectivity index (χ1v) is 11.9. The molecular formula is C26H27N5O3. The summed E-state index contributed by atoms with van der Waals surface area (Å²) in [6.45, 7) is 4.26. The maximum Gasteiger partial charge on any atom is 0.259 e. The Morgan fingerprint density at radius 2 is 1.94 bits per heavy atom. The molecular weight excluding hydrogens is 430 g/mol. The largest absolute Gasteiger partial charge is 0.317 e. The average molecular weight is 458 g/mol. The molecule has 6 rings (SSSR count). The smallest absolute Gasteiger partial charge is 0.259 e. The molecule has 2 fully saturated rings. The molecule has 0 radical (unpaired) electrons. The number of amides is 3. The first kappa shape index (κ1) is 21.0. The van der Waals surface area contributed by atoms with E-state index in [-0.39, 0.29) is 23.8 Å². The van der Waals surface area contributed by atoms with E-state index in [1.54, 1.807) is 4.90 Å². The van der Waals surface area contributed by atoms with E-state index in [9.17, 15) is 14.4 Å². The number of nitrogens with one attached hydrogen (secondary N) is 2. The number of nitrogens with zero attached hydrogens (tertiary/aromatic N) is 3. The van der Waals surface area contributed by atoms with Crippen molar-refractivity contribution in [2.75, 3.05) is 18.0 Å². The van der Waals surface area contributed by atoms with Gasteiger partial charge in [0, 0.05) is 30.0 Å². The highest BCUT2D eigenvalue weighted by Crippen LogP contribution is 2.41. The van der Waals surface area contributed by atoms with Gasteiger partial charge in [-0.05, 0) is 67.9 Å². The fourth-order valence-electron chi connectivity index (χ4n) is 5.62. The summed E-state index contributed by atoms with van der Waals surface area (Å²) in [7, 11) is 0. The lowest BCUT2D eigenvalue weighted by molar-refractivity contribution is -0.134. The van der Waals surface area contributed by atoms with Crippen LogP contribution in [0.25, 0.3) is 10.8 Å². The van der Waals surface area contributed by atoms with Crippen LogP contribution in [0.5, 0.6) is 0 Å². The van der Waals surface area contributed by atoms with Crippen molar-refractivity contribution in [2.45, 2.75) is 50.6 Å². The summed E-state index contributed by atoms with van der Waals surface area (Å²) in [5, 5.41) is 12.4. The Hall–Kier alpha value is -3.52. The standard InChI is InChI=1S/C26H27N5O3/c1-26(9-11-27-12-10-26)30-15-16(14-28-30)13-17-5-6-20-23-18(17)3-2-4-19(23)25(34)31(20)21-7-8-22(32)29-24(21)33/h2-6,14-15,21,27H,7-13H2,1H3,(H,29,32,33). The van der Waals surface area contributed by atoms with Crippen molar-refractivity contribution < 1.29 is 14.4 Å². The zero-order valence-electron chi connectivity index (χ0n) is 19.1. The van der Waals surface area contributed by atoms with Gasteiger partial charge in [0.2, 0.25) is 11.8 Å². The second kappa shape index (κ2) is 7.77. The van der Waals surface area contributed by atoms with Crippen LogP contribution in [0.1, 0.15) is 54.1 Å². The zero-order chi connectivity index (χ0) is 23.4. The number of imide groups is 1. The number of piperidine rings is 2. The predicted molar refractivity (Wildman–Crippen MR) is 128 cm³/mol.